The van der Waals surface area contributed by atoms with Gasteiger partial charge in [-0.1, -0.05) is 30.3 Å². The van der Waals surface area contributed by atoms with E-state index in [2.05, 4.69) is 10.3 Å². The van der Waals surface area contributed by atoms with Gasteiger partial charge in [-0.25, -0.2) is 0 Å². The largest absolute Gasteiger partial charge is 0.481 e. The zero-order valence-corrected chi connectivity index (χ0v) is 14.5. The van der Waals surface area contributed by atoms with Gasteiger partial charge in [0.15, 0.2) is 0 Å². The second-order valence-electron chi connectivity index (χ2n) is 4.79. The summed E-state index contributed by atoms with van der Waals surface area (Å²) in [5.41, 5.74) is 1.68. The molecule has 0 saturated heterocycles. The van der Waals surface area contributed by atoms with Crippen LogP contribution in [0.4, 0.5) is 5.69 Å². The number of anilines is 1. The van der Waals surface area contributed by atoms with Crippen LogP contribution in [-0.2, 0) is 4.79 Å². The molecule has 0 radical (unpaired) electrons. The third-order valence-electron chi connectivity index (χ3n) is 3.11. The molecule has 2 rings (SSSR count). The number of carbonyl (C=O) groups is 1. The second kappa shape index (κ2) is 9.62. The highest BCUT2D eigenvalue weighted by molar-refractivity contribution is 8.02. The monoisotopic (exact) mass is 344 g/mol. The summed E-state index contributed by atoms with van der Waals surface area (Å²) >= 11 is 1.59. The first-order valence-electron chi connectivity index (χ1n) is 7.45. The number of amides is 1. The van der Waals surface area contributed by atoms with E-state index in [9.17, 15) is 4.79 Å². The van der Waals surface area contributed by atoms with Gasteiger partial charge in [0.25, 0.3) is 0 Å². The van der Waals surface area contributed by atoms with Crippen LogP contribution in [-0.4, -0.2) is 30.9 Å². The number of benzene rings is 1. The number of aromatic nitrogens is 1. The zero-order valence-electron chi connectivity index (χ0n) is 13.7. The molecule has 1 aromatic heterocycles. The summed E-state index contributed by atoms with van der Waals surface area (Å²) in [5.74, 6) is 1.38. The van der Waals surface area contributed by atoms with E-state index in [1.54, 1.807) is 23.9 Å². The first-order valence-corrected chi connectivity index (χ1v) is 8.50. The average molecular weight is 344 g/mol. The number of ether oxygens (including phenoxy) is 2. The fourth-order valence-corrected chi connectivity index (χ4v) is 2.60. The summed E-state index contributed by atoms with van der Waals surface area (Å²) in [7, 11) is 3.03. The van der Waals surface area contributed by atoms with Crippen LogP contribution in [0.5, 0.6) is 11.8 Å². The van der Waals surface area contributed by atoms with E-state index in [-0.39, 0.29) is 5.91 Å². The Kier molecular flexibility index (Phi) is 7.17. The molecule has 24 heavy (non-hydrogen) atoms. The number of rotatable bonds is 8. The van der Waals surface area contributed by atoms with Crippen LogP contribution >= 0.6 is 11.8 Å². The molecule has 5 nitrogen and oxygen atoms in total. The lowest BCUT2D eigenvalue weighted by atomic mass is 10.2. The van der Waals surface area contributed by atoms with Crippen molar-refractivity contribution in [1.29, 1.82) is 0 Å². The third-order valence-corrected chi connectivity index (χ3v) is 3.88. The Bertz CT molecular complexity index is 690. The summed E-state index contributed by atoms with van der Waals surface area (Å²) in [6.45, 7) is 0. The highest BCUT2D eigenvalue weighted by Gasteiger charge is 2.10. The fraction of sp³-hybridized carbons (Fsp3) is 0.222. The maximum absolute atomic E-state index is 12.0. The molecule has 1 heterocycles. The molecular formula is C18H20N2O3S. The molecule has 1 aromatic carbocycles. The molecule has 1 amide bonds. The number of nitrogens with one attached hydrogen (secondary N) is 1. The molecule has 2 aromatic rings. The minimum atomic E-state index is -0.0825. The van der Waals surface area contributed by atoms with Gasteiger partial charge in [0.1, 0.15) is 5.69 Å². The van der Waals surface area contributed by atoms with E-state index in [1.807, 2.05) is 41.8 Å². The van der Waals surface area contributed by atoms with Crippen molar-refractivity contribution < 1.29 is 14.3 Å². The Morgan fingerprint density at radius 3 is 2.67 bits per heavy atom. The predicted octanol–water partition coefficient (Wildman–Crippen LogP) is 3.83. The number of hydrogen-bond acceptors (Lipinski definition) is 5. The minimum absolute atomic E-state index is 0.0825. The maximum atomic E-state index is 12.0. The number of pyridine rings is 1. The quantitative estimate of drug-likeness (QED) is 0.738. The normalized spacial score (nSPS) is 10.6. The average Bonchev–Trinajstić information content (AvgIpc) is 2.62. The summed E-state index contributed by atoms with van der Waals surface area (Å²) < 4.78 is 10.2. The summed E-state index contributed by atoms with van der Waals surface area (Å²) in [5, 5.41) is 4.80. The Morgan fingerprint density at radius 2 is 1.96 bits per heavy atom. The van der Waals surface area contributed by atoms with Crippen LogP contribution in [0.2, 0.25) is 0 Å². The lowest BCUT2D eigenvalue weighted by Gasteiger charge is -2.10. The molecule has 6 heteroatoms. The molecule has 0 unspecified atom stereocenters. The molecule has 0 aliphatic carbocycles. The number of carbonyl (C=O) groups excluding carboxylic acids is 1. The fourth-order valence-electron chi connectivity index (χ4n) is 1.91. The number of nitrogens with zero attached hydrogens (tertiary/aromatic N) is 1. The van der Waals surface area contributed by atoms with Gasteiger partial charge in [0, 0.05) is 18.2 Å². The predicted molar refractivity (Wildman–Crippen MR) is 98.5 cm³/mol. The van der Waals surface area contributed by atoms with E-state index < -0.39 is 0 Å². The van der Waals surface area contributed by atoms with Crippen molar-refractivity contribution in [2.24, 2.45) is 0 Å². The molecule has 126 valence electrons. The number of hydrogen-bond donors (Lipinski definition) is 1. The Balaban J connectivity index is 1.78. The molecule has 0 fully saturated rings. The van der Waals surface area contributed by atoms with Crippen LogP contribution in [0.1, 0.15) is 12.0 Å². The first kappa shape index (κ1) is 17.9. The van der Waals surface area contributed by atoms with Gasteiger partial charge in [-0.05, 0) is 23.1 Å². The minimum Gasteiger partial charge on any atom is -0.481 e. The van der Waals surface area contributed by atoms with Crippen molar-refractivity contribution in [2.45, 2.75) is 6.42 Å². The lowest BCUT2D eigenvalue weighted by molar-refractivity contribution is -0.115. The molecule has 0 saturated carbocycles. The van der Waals surface area contributed by atoms with Gasteiger partial charge in [0.2, 0.25) is 17.7 Å². The Labute approximate surface area is 146 Å². The van der Waals surface area contributed by atoms with Gasteiger partial charge >= 0.3 is 0 Å². The van der Waals surface area contributed by atoms with Crippen molar-refractivity contribution in [3.8, 4) is 11.8 Å². The van der Waals surface area contributed by atoms with Crippen LogP contribution < -0.4 is 14.8 Å². The van der Waals surface area contributed by atoms with Crippen molar-refractivity contribution >= 4 is 29.4 Å². The van der Waals surface area contributed by atoms with E-state index in [1.165, 1.54) is 14.2 Å². The van der Waals surface area contributed by atoms with Crippen LogP contribution in [0.15, 0.2) is 47.9 Å². The van der Waals surface area contributed by atoms with Crippen molar-refractivity contribution in [2.75, 3.05) is 25.3 Å². The Morgan fingerprint density at radius 1 is 1.17 bits per heavy atom. The molecule has 0 aliphatic heterocycles. The van der Waals surface area contributed by atoms with Crippen LogP contribution in [0, 0.1) is 0 Å². The highest BCUT2D eigenvalue weighted by atomic mass is 32.2. The molecule has 0 spiro atoms. The number of methoxy groups -OCH3 is 2. The zero-order chi connectivity index (χ0) is 17.2. The first-order chi connectivity index (χ1) is 11.7. The summed E-state index contributed by atoms with van der Waals surface area (Å²) in [6, 6.07) is 13.4. The SMILES string of the molecule is COc1ccc(NC(=O)CCSC=Cc2ccccc2)c(OC)n1. The van der Waals surface area contributed by atoms with Gasteiger partial charge < -0.3 is 14.8 Å². The van der Waals surface area contributed by atoms with Gasteiger partial charge in [-0.15, -0.1) is 11.8 Å². The Hall–Kier alpha value is -2.47. The smallest absolute Gasteiger partial charge is 0.240 e. The van der Waals surface area contributed by atoms with E-state index in [0.717, 1.165) is 5.56 Å². The summed E-state index contributed by atoms with van der Waals surface area (Å²) in [4.78, 5) is 16.1. The van der Waals surface area contributed by atoms with Gasteiger partial charge in [-0.3, -0.25) is 4.79 Å². The molecular weight excluding hydrogens is 324 g/mol. The topological polar surface area (TPSA) is 60.5 Å². The lowest BCUT2D eigenvalue weighted by Crippen LogP contribution is -2.13. The third kappa shape index (κ3) is 5.62. The van der Waals surface area contributed by atoms with E-state index in [4.69, 9.17) is 9.47 Å². The van der Waals surface area contributed by atoms with Crippen molar-refractivity contribution in [1.82, 2.24) is 4.98 Å². The van der Waals surface area contributed by atoms with Crippen LogP contribution in [0.3, 0.4) is 0 Å². The molecule has 0 atom stereocenters. The van der Waals surface area contributed by atoms with E-state index in [0.29, 0.717) is 29.6 Å². The standard InChI is InChI=1S/C18H20N2O3S/c1-22-17-9-8-15(18(20-17)23-2)19-16(21)11-13-24-12-10-14-6-4-3-5-7-14/h3-10,12H,11,13H2,1-2H3,(H,19,21). The molecule has 0 bridgehead atoms. The van der Waals surface area contributed by atoms with Gasteiger partial charge in [0.05, 0.1) is 14.2 Å². The highest BCUT2D eigenvalue weighted by Crippen LogP contribution is 2.24. The van der Waals surface area contributed by atoms with Crippen molar-refractivity contribution in [3.63, 3.8) is 0 Å². The molecule has 1 N–H and O–H groups in total. The summed E-state index contributed by atoms with van der Waals surface area (Å²) in [6.07, 6.45) is 2.43. The number of thioether (sulfide) groups is 1. The van der Waals surface area contributed by atoms with E-state index >= 15 is 0 Å². The molecule has 0 aliphatic rings. The van der Waals surface area contributed by atoms with Gasteiger partial charge in [-0.2, -0.15) is 4.98 Å². The van der Waals surface area contributed by atoms with Crippen molar-refractivity contribution in [3.05, 3.63) is 53.4 Å². The second-order valence-corrected chi connectivity index (χ2v) is 5.81. The maximum Gasteiger partial charge on any atom is 0.240 e. The van der Waals surface area contributed by atoms with Crippen LogP contribution in [0.25, 0.3) is 6.08 Å².